The molecule has 0 bridgehead atoms. The summed E-state index contributed by atoms with van der Waals surface area (Å²) in [4.78, 5) is 18.7. The van der Waals surface area contributed by atoms with Gasteiger partial charge in [-0.2, -0.15) is 0 Å². The molecule has 1 amide bonds. The molecular formula is C18H16F2N4O3S. The van der Waals surface area contributed by atoms with E-state index in [1.165, 1.54) is 22.5 Å². The maximum Gasteiger partial charge on any atom is 0.295 e. The van der Waals surface area contributed by atoms with Gasteiger partial charge < -0.3 is 10.3 Å². The van der Waals surface area contributed by atoms with E-state index in [2.05, 4.69) is 15.3 Å². The summed E-state index contributed by atoms with van der Waals surface area (Å²) in [5.74, 6) is -0.730. The van der Waals surface area contributed by atoms with Crippen molar-refractivity contribution in [1.29, 1.82) is 0 Å². The molecule has 0 spiro atoms. The van der Waals surface area contributed by atoms with Crippen molar-refractivity contribution in [2.24, 2.45) is 0 Å². The first-order valence-electron chi connectivity index (χ1n) is 8.53. The van der Waals surface area contributed by atoms with Crippen LogP contribution < -0.4 is 9.62 Å². The van der Waals surface area contributed by atoms with Crippen molar-refractivity contribution in [3.05, 3.63) is 53.9 Å². The summed E-state index contributed by atoms with van der Waals surface area (Å²) < 4.78 is 50.7. The molecule has 4 rings (SSSR count). The Kier molecular flexibility index (Phi) is 4.50. The number of amides is 1. The summed E-state index contributed by atoms with van der Waals surface area (Å²) >= 11 is 0. The van der Waals surface area contributed by atoms with E-state index in [-0.39, 0.29) is 11.3 Å². The van der Waals surface area contributed by atoms with E-state index in [1.54, 1.807) is 24.3 Å². The quantitative estimate of drug-likeness (QED) is 0.695. The van der Waals surface area contributed by atoms with Crippen LogP contribution in [-0.2, 0) is 10.0 Å². The Bertz CT molecular complexity index is 1140. The number of benzene rings is 2. The smallest absolute Gasteiger partial charge is 0.295 e. The van der Waals surface area contributed by atoms with Crippen molar-refractivity contribution in [3.8, 4) is 0 Å². The van der Waals surface area contributed by atoms with Crippen molar-refractivity contribution < 1.29 is 22.0 Å². The summed E-state index contributed by atoms with van der Waals surface area (Å²) in [7, 11) is -3.26. The molecule has 0 unspecified atom stereocenters. The largest absolute Gasteiger partial charge is 0.337 e. The zero-order chi connectivity index (χ0) is 19.9. The minimum atomic E-state index is -3.26. The van der Waals surface area contributed by atoms with Gasteiger partial charge in [0.25, 0.3) is 12.3 Å². The molecule has 10 heteroatoms. The summed E-state index contributed by atoms with van der Waals surface area (Å²) in [6.45, 7) is 0.443. The summed E-state index contributed by atoms with van der Waals surface area (Å²) in [6.07, 6.45) is -2.13. The molecule has 3 aromatic rings. The average Bonchev–Trinajstić information content (AvgIpc) is 3.24. The van der Waals surface area contributed by atoms with Gasteiger partial charge in [-0.25, -0.2) is 22.2 Å². The second kappa shape index (κ2) is 6.86. The molecular weight excluding hydrogens is 390 g/mol. The van der Waals surface area contributed by atoms with Crippen LogP contribution in [0.2, 0.25) is 0 Å². The molecule has 0 atom stereocenters. The van der Waals surface area contributed by atoms with Crippen LogP contribution >= 0.6 is 0 Å². The predicted octanol–water partition coefficient (Wildman–Crippen LogP) is 3.29. The minimum absolute atomic E-state index is 0.134. The monoisotopic (exact) mass is 406 g/mol. The zero-order valence-corrected chi connectivity index (χ0v) is 15.3. The fraction of sp³-hybridized carbons (Fsp3) is 0.222. The summed E-state index contributed by atoms with van der Waals surface area (Å²) in [5, 5.41) is 2.70. The summed E-state index contributed by atoms with van der Waals surface area (Å²) in [6, 6.07) is 10.9. The molecule has 7 nitrogen and oxygen atoms in total. The molecule has 1 aliphatic rings. The first kappa shape index (κ1) is 18.4. The van der Waals surface area contributed by atoms with E-state index in [0.717, 1.165) is 0 Å². The van der Waals surface area contributed by atoms with Gasteiger partial charge in [0.15, 0.2) is 5.82 Å². The van der Waals surface area contributed by atoms with Crippen molar-refractivity contribution in [2.45, 2.75) is 12.8 Å². The Morgan fingerprint density at radius 1 is 1.18 bits per heavy atom. The SMILES string of the molecule is O=C(Nc1ccc(N2CCCS2(=O)=O)cc1)c1ccc2nc(C(F)F)[nH]c2c1. The second-order valence-corrected chi connectivity index (χ2v) is 8.41. The Morgan fingerprint density at radius 3 is 2.57 bits per heavy atom. The highest BCUT2D eigenvalue weighted by molar-refractivity contribution is 7.93. The van der Waals surface area contributed by atoms with Crippen LogP contribution in [0.4, 0.5) is 20.2 Å². The molecule has 0 aliphatic carbocycles. The van der Waals surface area contributed by atoms with Crippen LogP contribution in [0, 0.1) is 0 Å². The third-order valence-corrected chi connectivity index (χ3v) is 6.35. The van der Waals surface area contributed by atoms with E-state index in [0.29, 0.717) is 35.4 Å². The number of carbonyl (C=O) groups excluding carboxylic acids is 1. The fourth-order valence-electron chi connectivity index (χ4n) is 3.12. The lowest BCUT2D eigenvalue weighted by Crippen LogP contribution is -2.24. The van der Waals surface area contributed by atoms with Crippen LogP contribution in [-0.4, -0.2) is 36.6 Å². The lowest BCUT2D eigenvalue weighted by molar-refractivity contribution is 0.102. The molecule has 1 aliphatic heterocycles. The van der Waals surface area contributed by atoms with Gasteiger partial charge in [0.2, 0.25) is 10.0 Å². The Labute approximate surface area is 159 Å². The van der Waals surface area contributed by atoms with E-state index in [4.69, 9.17) is 0 Å². The van der Waals surface area contributed by atoms with Crippen LogP contribution in [0.5, 0.6) is 0 Å². The normalized spacial score (nSPS) is 16.0. The predicted molar refractivity (Wildman–Crippen MR) is 101 cm³/mol. The van der Waals surface area contributed by atoms with Gasteiger partial charge in [-0.1, -0.05) is 0 Å². The minimum Gasteiger partial charge on any atom is -0.337 e. The highest BCUT2D eigenvalue weighted by atomic mass is 32.2. The third kappa shape index (κ3) is 3.42. The molecule has 28 heavy (non-hydrogen) atoms. The van der Waals surface area contributed by atoms with Crippen molar-refractivity contribution >= 4 is 38.3 Å². The molecule has 2 aromatic carbocycles. The standard InChI is InChI=1S/C18H16F2N4O3S/c19-16(20)17-22-14-7-2-11(10-15(14)23-17)18(25)21-12-3-5-13(6-4-12)24-8-1-9-28(24,26)27/h2-7,10,16H,1,8-9H2,(H,21,25)(H,22,23). The number of rotatable bonds is 4. The van der Waals surface area contributed by atoms with Crippen LogP contribution in [0.15, 0.2) is 42.5 Å². The van der Waals surface area contributed by atoms with Crippen molar-refractivity contribution in [3.63, 3.8) is 0 Å². The lowest BCUT2D eigenvalue weighted by Gasteiger charge is -2.17. The number of hydrogen-bond donors (Lipinski definition) is 2. The van der Waals surface area contributed by atoms with Crippen LogP contribution in [0.25, 0.3) is 11.0 Å². The van der Waals surface area contributed by atoms with Gasteiger partial charge in [-0.3, -0.25) is 9.10 Å². The Morgan fingerprint density at radius 2 is 1.93 bits per heavy atom. The topological polar surface area (TPSA) is 95.2 Å². The number of imidazole rings is 1. The Hall–Kier alpha value is -3.01. The third-order valence-electron chi connectivity index (χ3n) is 4.48. The summed E-state index contributed by atoms with van der Waals surface area (Å²) in [5.41, 5.74) is 2.01. The molecule has 2 heterocycles. The zero-order valence-electron chi connectivity index (χ0n) is 14.5. The molecule has 1 aromatic heterocycles. The van der Waals surface area contributed by atoms with Gasteiger partial charge in [0.1, 0.15) is 0 Å². The van der Waals surface area contributed by atoms with E-state index in [9.17, 15) is 22.0 Å². The van der Waals surface area contributed by atoms with Crippen LogP contribution in [0.3, 0.4) is 0 Å². The molecule has 146 valence electrons. The van der Waals surface area contributed by atoms with Gasteiger partial charge in [-0.05, 0) is 48.9 Å². The molecule has 1 fully saturated rings. The number of hydrogen-bond acceptors (Lipinski definition) is 4. The van der Waals surface area contributed by atoms with Gasteiger partial charge in [0.05, 0.1) is 22.5 Å². The first-order chi connectivity index (χ1) is 13.3. The first-order valence-corrected chi connectivity index (χ1v) is 10.1. The number of nitrogens with zero attached hydrogens (tertiary/aromatic N) is 2. The number of H-pyrrole nitrogens is 1. The van der Waals surface area contributed by atoms with Crippen molar-refractivity contribution in [2.75, 3.05) is 21.9 Å². The number of aromatic nitrogens is 2. The van der Waals surface area contributed by atoms with Gasteiger partial charge in [-0.15, -0.1) is 0 Å². The molecule has 1 saturated heterocycles. The molecule has 0 saturated carbocycles. The molecule has 0 radical (unpaired) electrons. The Balaban J connectivity index is 1.51. The maximum absolute atomic E-state index is 12.7. The van der Waals surface area contributed by atoms with E-state index < -0.39 is 28.2 Å². The van der Waals surface area contributed by atoms with Gasteiger partial charge in [0, 0.05) is 17.8 Å². The van der Waals surface area contributed by atoms with Crippen molar-refractivity contribution in [1.82, 2.24) is 9.97 Å². The maximum atomic E-state index is 12.7. The van der Waals surface area contributed by atoms with E-state index in [1.807, 2.05) is 0 Å². The number of halogens is 2. The highest BCUT2D eigenvalue weighted by Crippen LogP contribution is 2.26. The van der Waals surface area contributed by atoms with E-state index >= 15 is 0 Å². The lowest BCUT2D eigenvalue weighted by atomic mass is 10.2. The highest BCUT2D eigenvalue weighted by Gasteiger charge is 2.28. The number of sulfonamides is 1. The van der Waals surface area contributed by atoms with Crippen LogP contribution in [0.1, 0.15) is 29.0 Å². The second-order valence-electron chi connectivity index (χ2n) is 6.40. The fourth-order valence-corrected chi connectivity index (χ4v) is 4.68. The number of nitrogens with one attached hydrogen (secondary N) is 2. The average molecular weight is 406 g/mol. The number of carbonyl (C=O) groups is 1. The number of alkyl halides is 2. The molecule has 2 N–H and O–H groups in total. The number of aromatic amines is 1. The number of anilines is 2. The number of fused-ring (bicyclic) bond motifs is 1. The van der Waals surface area contributed by atoms with Gasteiger partial charge >= 0.3 is 0 Å².